The summed E-state index contributed by atoms with van der Waals surface area (Å²) < 4.78 is 25.0. The van der Waals surface area contributed by atoms with Gasteiger partial charge in [-0.1, -0.05) is 0 Å². The molecule has 2 heterocycles. The summed E-state index contributed by atoms with van der Waals surface area (Å²) in [6.45, 7) is 3.33. The zero-order valence-electron chi connectivity index (χ0n) is 14.0. The van der Waals surface area contributed by atoms with E-state index in [4.69, 9.17) is 0 Å². The maximum atomic E-state index is 13.0. The Morgan fingerprint density at radius 1 is 1.30 bits per heavy atom. The van der Waals surface area contributed by atoms with Crippen LogP contribution in [0.1, 0.15) is 44.9 Å². The van der Waals surface area contributed by atoms with Gasteiger partial charge in [0.25, 0.3) is 0 Å². The van der Waals surface area contributed by atoms with Crippen molar-refractivity contribution in [2.75, 3.05) is 32.4 Å². The maximum absolute atomic E-state index is 13.0. The second-order valence-corrected chi connectivity index (χ2v) is 9.34. The fourth-order valence-corrected chi connectivity index (χ4v) is 4.86. The number of rotatable bonds is 5. The van der Waals surface area contributed by atoms with Crippen LogP contribution in [-0.4, -0.2) is 57.7 Å². The summed E-state index contributed by atoms with van der Waals surface area (Å²) in [5.41, 5.74) is 0.273. The number of amides is 1. The highest BCUT2D eigenvalue weighted by molar-refractivity contribution is 7.88. The van der Waals surface area contributed by atoms with Crippen molar-refractivity contribution in [3.05, 3.63) is 0 Å². The van der Waals surface area contributed by atoms with E-state index in [1.807, 2.05) is 0 Å². The van der Waals surface area contributed by atoms with Crippen molar-refractivity contribution in [3.8, 4) is 0 Å². The van der Waals surface area contributed by atoms with Gasteiger partial charge >= 0.3 is 0 Å². The molecule has 3 rings (SSSR count). The molecule has 3 aliphatic rings. The van der Waals surface area contributed by atoms with E-state index in [0.717, 1.165) is 64.6 Å². The minimum atomic E-state index is -3.15. The van der Waals surface area contributed by atoms with Crippen LogP contribution in [0, 0.1) is 11.3 Å². The van der Waals surface area contributed by atoms with Gasteiger partial charge in [0.05, 0.1) is 6.26 Å². The van der Waals surface area contributed by atoms with E-state index in [0.29, 0.717) is 12.5 Å². The topological polar surface area (TPSA) is 78.5 Å². The fraction of sp³-hybridized carbons (Fsp3) is 0.938. The number of carbonyl (C=O) groups excluding carboxylic acids is 1. The molecule has 2 unspecified atom stereocenters. The molecule has 132 valence electrons. The monoisotopic (exact) mass is 343 g/mol. The first kappa shape index (κ1) is 17.2. The van der Waals surface area contributed by atoms with Crippen molar-refractivity contribution in [2.24, 2.45) is 11.3 Å². The van der Waals surface area contributed by atoms with Gasteiger partial charge in [0.15, 0.2) is 0 Å². The van der Waals surface area contributed by atoms with Crippen molar-refractivity contribution in [1.29, 1.82) is 0 Å². The Hall–Kier alpha value is -0.660. The molecule has 2 N–H and O–H groups in total. The third-order valence-electron chi connectivity index (χ3n) is 5.84. The summed E-state index contributed by atoms with van der Waals surface area (Å²) in [4.78, 5) is 15.0. The molecule has 1 amide bonds. The van der Waals surface area contributed by atoms with Crippen molar-refractivity contribution in [1.82, 2.24) is 14.9 Å². The minimum Gasteiger partial charge on any atom is -0.339 e. The predicted octanol–water partition coefficient (Wildman–Crippen LogP) is 0.697. The van der Waals surface area contributed by atoms with Crippen molar-refractivity contribution < 1.29 is 13.2 Å². The zero-order valence-corrected chi connectivity index (χ0v) is 14.8. The van der Waals surface area contributed by atoms with Gasteiger partial charge in [0.1, 0.15) is 0 Å². The number of piperidine rings is 2. The first-order valence-electron chi connectivity index (χ1n) is 8.87. The SMILES string of the molecule is CS(=O)(=O)NCCC1CCCCN1C(=O)C1CC12CCNCC2. The molecular formula is C16H29N3O3S. The molecule has 0 aromatic rings. The Morgan fingerprint density at radius 2 is 2.04 bits per heavy atom. The number of nitrogens with one attached hydrogen (secondary N) is 2. The molecule has 7 heteroatoms. The molecule has 1 spiro atoms. The Morgan fingerprint density at radius 3 is 2.74 bits per heavy atom. The van der Waals surface area contributed by atoms with E-state index in [9.17, 15) is 13.2 Å². The van der Waals surface area contributed by atoms with Crippen LogP contribution in [0.15, 0.2) is 0 Å². The van der Waals surface area contributed by atoms with Crippen LogP contribution in [0.3, 0.4) is 0 Å². The minimum absolute atomic E-state index is 0.199. The number of carbonyl (C=O) groups is 1. The zero-order chi connectivity index (χ0) is 16.5. The number of hydrogen-bond acceptors (Lipinski definition) is 4. The van der Waals surface area contributed by atoms with Crippen LogP contribution < -0.4 is 10.0 Å². The second kappa shape index (κ2) is 6.69. The lowest BCUT2D eigenvalue weighted by Crippen LogP contribution is -2.46. The summed E-state index contributed by atoms with van der Waals surface area (Å²) in [5, 5.41) is 3.38. The van der Waals surface area contributed by atoms with Crippen LogP contribution in [0.25, 0.3) is 0 Å². The van der Waals surface area contributed by atoms with Crippen molar-refractivity contribution in [3.63, 3.8) is 0 Å². The average Bonchev–Trinajstić information content (AvgIpc) is 3.20. The summed E-state index contributed by atoms with van der Waals surface area (Å²) in [6, 6.07) is 0.199. The molecule has 2 saturated heterocycles. The molecule has 23 heavy (non-hydrogen) atoms. The third kappa shape index (κ3) is 4.06. The van der Waals surface area contributed by atoms with Crippen LogP contribution in [0.2, 0.25) is 0 Å². The normalized spacial score (nSPS) is 30.4. The van der Waals surface area contributed by atoms with Gasteiger partial charge in [-0.15, -0.1) is 0 Å². The lowest BCUT2D eigenvalue weighted by Gasteiger charge is -2.37. The quantitative estimate of drug-likeness (QED) is 0.770. The van der Waals surface area contributed by atoms with Gasteiger partial charge in [-0.3, -0.25) is 4.79 Å². The third-order valence-corrected chi connectivity index (χ3v) is 6.57. The number of likely N-dealkylation sites (tertiary alicyclic amines) is 1. The molecule has 0 bridgehead atoms. The lowest BCUT2D eigenvalue weighted by molar-refractivity contribution is -0.137. The van der Waals surface area contributed by atoms with Gasteiger partial charge < -0.3 is 10.2 Å². The predicted molar refractivity (Wildman–Crippen MR) is 89.5 cm³/mol. The highest BCUT2D eigenvalue weighted by atomic mass is 32.2. The van der Waals surface area contributed by atoms with Gasteiger partial charge in [-0.25, -0.2) is 13.1 Å². The van der Waals surface area contributed by atoms with Gasteiger partial charge in [0.2, 0.25) is 15.9 Å². The first-order valence-corrected chi connectivity index (χ1v) is 10.8. The molecule has 3 fully saturated rings. The van der Waals surface area contributed by atoms with Crippen LogP contribution in [-0.2, 0) is 14.8 Å². The highest BCUT2D eigenvalue weighted by Gasteiger charge is 2.59. The Labute approximate surface area is 139 Å². The van der Waals surface area contributed by atoms with E-state index in [-0.39, 0.29) is 17.4 Å². The molecule has 1 aliphatic carbocycles. The molecule has 2 atom stereocenters. The molecule has 6 nitrogen and oxygen atoms in total. The molecular weight excluding hydrogens is 314 g/mol. The number of hydrogen-bond donors (Lipinski definition) is 2. The van der Waals surface area contributed by atoms with E-state index in [1.165, 1.54) is 6.26 Å². The Kier molecular flexibility index (Phi) is 4.99. The second-order valence-electron chi connectivity index (χ2n) is 7.51. The molecule has 2 aliphatic heterocycles. The van der Waals surface area contributed by atoms with Gasteiger partial charge in [-0.2, -0.15) is 0 Å². The summed E-state index contributed by atoms with van der Waals surface area (Å²) in [7, 11) is -3.15. The van der Waals surface area contributed by atoms with E-state index in [1.54, 1.807) is 0 Å². The number of sulfonamides is 1. The smallest absolute Gasteiger partial charge is 0.226 e. The molecule has 0 aromatic carbocycles. The largest absolute Gasteiger partial charge is 0.339 e. The molecule has 0 aromatic heterocycles. The van der Waals surface area contributed by atoms with Crippen LogP contribution >= 0.6 is 0 Å². The average molecular weight is 343 g/mol. The maximum Gasteiger partial charge on any atom is 0.226 e. The van der Waals surface area contributed by atoms with E-state index >= 15 is 0 Å². The number of nitrogens with zero attached hydrogens (tertiary/aromatic N) is 1. The summed E-state index contributed by atoms with van der Waals surface area (Å²) in [6.07, 6.45) is 8.41. The molecule has 0 radical (unpaired) electrons. The highest BCUT2D eigenvalue weighted by Crippen LogP contribution is 2.59. The van der Waals surface area contributed by atoms with Crippen LogP contribution in [0.4, 0.5) is 0 Å². The van der Waals surface area contributed by atoms with E-state index < -0.39 is 10.0 Å². The lowest BCUT2D eigenvalue weighted by atomic mass is 9.90. The Balaban J connectivity index is 1.57. The van der Waals surface area contributed by atoms with Crippen molar-refractivity contribution >= 4 is 15.9 Å². The van der Waals surface area contributed by atoms with Gasteiger partial charge in [0, 0.05) is 25.0 Å². The fourth-order valence-electron chi connectivity index (χ4n) is 4.38. The van der Waals surface area contributed by atoms with E-state index in [2.05, 4.69) is 14.9 Å². The van der Waals surface area contributed by atoms with Crippen molar-refractivity contribution in [2.45, 2.75) is 51.0 Å². The summed E-state index contributed by atoms with van der Waals surface area (Å²) in [5.74, 6) is 0.545. The Bertz CT molecular complexity index is 543. The summed E-state index contributed by atoms with van der Waals surface area (Å²) >= 11 is 0. The molecule has 1 saturated carbocycles. The first-order chi connectivity index (χ1) is 10.9. The van der Waals surface area contributed by atoms with Gasteiger partial charge in [-0.05, 0) is 63.5 Å². The standard InChI is InChI=1S/C16H29N3O3S/c1-23(21,22)18-8-5-13-4-2-3-11-19(13)15(20)14-12-16(14)6-9-17-10-7-16/h13-14,17-18H,2-12H2,1H3. The van der Waals surface area contributed by atoms with Crippen LogP contribution in [0.5, 0.6) is 0 Å².